The van der Waals surface area contributed by atoms with Gasteiger partial charge in [0, 0.05) is 16.9 Å². The minimum Gasteiger partial charge on any atom is -0.449 e. The Labute approximate surface area is 163 Å². The standard InChI is InChI=1S/C23H19NO2S/c1-16-14-27-15-17(16)7-6-12-24-23(25)26-13-22-20-10-4-2-8-18(20)19-9-3-5-11-21(19)22/h2-5,8-11,14-15,22H,12-13H2,1H3,(H,24,25). The molecule has 1 amide bonds. The van der Waals surface area contributed by atoms with Gasteiger partial charge in [-0.25, -0.2) is 4.79 Å². The van der Waals surface area contributed by atoms with Crippen molar-refractivity contribution >= 4 is 17.4 Å². The van der Waals surface area contributed by atoms with Crippen LogP contribution in [-0.2, 0) is 4.74 Å². The van der Waals surface area contributed by atoms with Crippen molar-refractivity contribution in [3.8, 4) is 23.0 Å². The Kier molecular flexibility index (Phi) is 4.95. The van der Waals surface area contributed by atoms with E-state index in [1.54, 1.807) is 11.3 Å². The molecule has 1 aliphatic rings. The number of hydrogen-bond donors (Lipinski definition) is 1. The third-order valence-electron chi connectivity index (χ3n) is 4.74. The molecule has 3 nitrogen and oxygen atoms in total. The van der Waals surface area contributed by atoms with Gasteiger partial charge in [-0.2, -0.15) is 11.3 Å². The van der Waals surface area contributed by atoms with Gasteiger partial charge >= 0.3 is 6.09 Å². The maximum Gasteiger partial charge on any atom is 0.407 e. The number of rotatable bonds is 3. The second-order valence-electron chi connectivity index (χ2n) is 6.45. The van der Waals surface area contributed by atoms with Crippen LogP contribution >= 0.6 is 11.3 Å². The van der Waals surface area contributed by atoms with Gasteiger partial charge in [0.15, 0.2) is 0 Å². The van der Waals surface area contributed by atoms with Crippen molar-refractivity contribution in [2.24, 2.45) is 0 Å². The number of ether oxygens (including phenoxy) is 1. The van der Waals surface area contributed by atoms with E-state index in [-0.39, 0.29) is 12.5 Å². The van der Waals surface area contributed by atoms with Gasteiger partial charge in [0.25, 0.3) is 0 Å². The Morgan fingerprint density at radius 3 is 2.37 bits per heavy atom. The molecule has 1 aromatic heterocycles. The highest BCUT2D eigenvalue weighted by atomic mass is 32.1. The molecule has 0 radical (unpaired) electrons. The Hall–Kier alpha value is -3.03. The lowest BCUT2D eigenvalue weighted by Crippen LogP contribution is -2.26. The molecule has 0 fully saturated rings. The highest BCUT2D eigenvalue weighted by molar-refractivity contribution is 7.08. The van der Waals surface area contributed by atoms with Crippen LogP contribution in [0.15, 0.2) is 59.3 Å². The molecule has 0 atom stereocenters. The average molecular weight is 373 g/mol. The molecule has 0 spiro atoms. The van der Waals surface area contributed by atoms with Gasteiger partial charge in [-0.3, -0.25) is 0 Å². The van der Waals surface area contributed by atoms with Crippen LogP contribution in [0.3, 0.4) is 0 Å². The van der Waals surface area contributed by atoms with E-state index in [1.807, 2.05) is 36.6 Å². The van der Waals surface area contributed by atoms with E-state index in [4.69, 9.17) is 4.74 Å². The zero-order valence-electron chi connectivity index (χ0n) is 15.0. The van der Waals surface area contributed by atoms with Gasteiger partial charge in [0.1, 0.15) is 6.61 Å². The summed E-state index contributed by atoms with van der Waals surface area (Å²) in [4.78, 5) is 12.1. The van der Waals surface area contributed by atoms with Crippen LogP contribution in [0.1, 0.15) is 28.2 Å². The van der Waals surface area contributed by atoms with Crippen molar-refractivity contribution in [2.75, 3.05) is 13.2 Å². The number of nitrogens with one attached hydrogen (secondary N) is 1. The minimum atomic E-state index is -0.437. The van der Waals surface area contributed by atoms with Crippen LogP contribution in [0.5, 0.6) is 0 Å². The summed E-state index contributed by atoms with van der Waals surface area (Å²) in [5.41, 5.74) is 7.03. The van der Waals surface area contributed by atoms with Gasteiger partial charge in [0.2, 0.25) is 0 Å². The van der Waals surface area contributed by atoms with E-state index in [1.165, 1.54) is 22.3 Å². The Bertz CT molecular complexity index is 996. The molecule has 1 heterocycles. The Balaban J connectivity index is 1.37. The number of benzene rings is 2. The first-order chi connectivity index (χ1) is 13.2. The van der Waals surface area contributed by atoms with Crippen molar-refractivity contribution in [3.05, 3.63) is 81.5 Å². The fourth-order valence-electron chi connectivity index (χ4n) is 3.39. The first-order valence-corrected chi connectivity index (χ1v) is 9.79. The number of aryl methyl sites for hydroxylation is 1. The third-order valence-corrected chi connectivity index (χ3v) is 5.60. The molecule has 3 aromatic rings. The van der Waals surface area contributed by atoms with Crippen molar-refractivity contribution in [2.45, 2.75) is 12.8 Å². The molecule has 1 N–H and O–H groups in total. The molecule has 4 heteroatoms. The number of carbonyl (C=O) groups is 1. The second-order valence-corrected chi connectivity index (χ2v) is 7.19. The van der Waals surface area contributed by atoms with E-state index >= 15 is 0 Å². The molecule has 0 unspecified atom stereocenters. The molecule has 1 aliphatic carbocycles. The summed E-state index contributed by atoms with van der Waals surface area (Å²) in [5, 5.41) is 6.77. The van der Waals surface area contributed by atoms with Crippen molar-refractivity contribution in [1.29, 1.82) is 0 Å². The predicted octanol–water partition coefficient (Wildman–Crippen LogP) is 4.95. The normalized spacial score (nSPS) is 11.9. The SMILES string of the molecule is Cc1cscc1C#CCNC(=O)OCC1c2ccccc2-c2ccccc21. The van der Waals surface area contributed by atoms with Crippen LogP contribution in [0.4, 0.5) is 4.79 Å². The molecule has 0 saturated heterocycles. The van der Waals surface area contributed by atoms with Crippen LogP contribution in [0, 0.1) is 18.8 Å². The highest BCUT2D eigenvalue weighted by Crippen LogP contribution is 2.44. The van der Waals surface area contributed by atoms with Gasteiger partial charge in [-0.1, -0.05) is 60.4 Å². The first-order valence-electron chi connectivity index (χ1n) is 8.84. The molecule has 0 aliphatic heterocycles. The summed E-state index contributed by atoms with van der Waals surface area (Å²) < 4.78 is 5.48. The minimum absolute atomic E-state index is 0.0719. The maximum atomic E-state index is 12.1. The number of alkyl carbamates (subject to hydrolysis) is 1. The van der Waals surface area contributed by atoms with Crippen LogP contribution in [0.2, 0.25) is 0 Å². The average Bonchev–Trinajstić information content (AvgIpc) is 3.25. The van der Waals surface area contributed by atoms with Crippen LogP contribution in [-0.4, -0.2) is 19.2 Å². The fourth-order valence-corrected chi connectivity index (χ4v) is 4.17. The van der Waals surface area contributed by atoms with Gasteiger partial charge < -0.3 is 10.1 Å². The maximum absolute atomic E-state index is 12.1. The van der Waals surface area contributed by atoms with Gasteiger partial charge in [-0.05, 0) is 40.1 Å². The Morgan fingerprint density at radius 2 is 1.74 bits per heavy atom. The molecular formula is C23H19NO2S. The highest BCUT2D eigenvalue weighted by Gasteiger charge is 2.28. The summed E-state index contributed by atoms with van der Waals surface area (Å²) >= 11 is 1.63. The van der Waals surface area contributed by atoms with E-state index in [0.717, 1.165) is 11.1 Å². The number of fused-ring (bicyclic) bond motifs is 3. The first kappa shape index (κ1) is 17.4. The smallest absolute Gasteiger partial charge is 0.407 e. The van der Waals surface area contributed by atoms with Gasteiger partial charge in [0.05, 0.1) is 6.54 Å². The van der Waals surface area contributed by atoms with Crippen LogP contribution < -0.4 is 5.32 Å². The zero-order valence-corrected chi connectivity index (χ0v) is 15.8. The summed E-state index contributed by atoms with van der Waals surface area (Å²) in [6.07, 6.45) is -0.437. The summed E-state index contributed by atoms with van der Waals surface area (Å²) in [6.45, 7) is 2.61. The van der Waals surface area contributed by atoms with E-state index < -0.39 is 6.09 Å². The Morgan fingerprint density at radius 1 is 1.07 bits per heavy atom. The topological polar surface area (TPSA) is 38.3 Å². The number of hydrogen-bond acceptors (Lipinski definition) is 3. The van der Waals surface area contributed by atoms with E-state index in [0.29, 0.717) is 6.61 Å². The summed E-state index contributed by atoms with van der Waals surface area (Å²) in [5.74, 6) is 6.10. The van der Waals surface area contributed by atoms with Crippen molar-refractivity contribution in [3.63, 3.8) is 0 Å². The lowest BCUT2D eigenvalue weighted by atomic mass is 9.98. The zero-order chi connectivity index (χ0) is 18.6. The molecule has 4 rings (SSSR count). The molecule has 2 aromatic carbocycles. The summed E-state index contributed by atoms with van der Waals surface area (Å²) in [7, 11) is 0. The van der Waals surface area contributed by atoms with E-state index in [9.17, 15) is 4.79 Å². The molecule has 0 saturated carbocycles. The van der Waals surface area contributed by atoms with E-state index in [2.05, 4.69) is 46.8 Å². The number of thiophene rings is 1. The fraction of sp³-hybridized carbons (Fsp3) is 0.174. The largest absolute Gasteiger partial charge is 0.449 e. The lowest BCUT2D eigenvalue weighted by molar-refractivity contribution is 0.144. The summed E-state index contributed by atoms with van der Waals surface area (Å²) in [6, 6.07) is 16.6. The van der Waals surface area contributed by atoms with Crippen molar-refractivity contribution in [1.82, 2.24) is 5.32 Å². The monoisotopic (exact) mass is 373 g/mol. The quantitative estimate of drug-likeness (QED) is 0.660. The van der Waals surface area contributed by atoms with Gasteiger partial charge in [-0.15, -0.1) is 0 Å². The van der Waals surface area contributed by atoms with Crippen molar-refractivity contribution < 1.29 is 9.53 Å². The lowest BCUT2D eigenvalue weighted by Gasteiger charge is -2.14. The molecule has 134 valence electrons. The second kappa shape index (κ2) is 7.69. The third kappa shape index (κ3) is 3.60. The molecule has 27 heavy (non-hydrogen) atoms. The predicted molar refractivity (Wildman–Crippen MR) is 109 cm³/mol. The van der Waals surface area contributed by atoms with Crippen LogP contribution in [0.25, 0.3) is 11.1 Å². The number of carbonyl (C=O) groups excluding carboxylic acids is 1. The molecular weight excluding hydrogens is 354 g/mol. The molecule has 0 bridgehead atoms. The number of amides is 1.